The summed E-state index contributed by atoms with van der Waals surface area (Å²) in [6.45, 7) is 0.519. The second-order valence-electron chi connectivity index (χ2n) is 4.30. The highest BCUT2D eigenvalue weighted by atomic mass is 16.5. The van der Waals surface area contributed by atoms with E-state index >= 15 is 0 Å². The Morgan fingerprint density at radius 1 is 1.30 bits per heavy atom. The summed E-state index contributed by atoms with van der Waals surface area (Å²) in [6, 6.07) is 10.5. The van der Waals surface area contributed by atoms with E-state index in [1.54, 1.807) is 7.11 Å². The molecular weight excluding hydrogens is 256 g/mol. The van der Waals surface area contributed by atoms with Gasteiger partial charge in [-0.1, -0.05) is 12.1 Å². The van der Waals surface area contributed by atoms with Gasteiger partial charge in [-0.15, -0.1) is 0 Å². The predicted octanol–water partition coefficient (Wildman–Crippen LogP) is 1.36. The quantitative estimate of drug-likeness (QED) is 0.863. The summed E-state index contributed by atoms with van der Waals surface area (Å²) in [5.41, 5.74) is 1.30. The van der Waals surface area contributed by atoms with Crippen molar-refractivity contribution in [1.82, 2.24) is 10.3 Å². The van der Waals surface area contributed by atoms with Gasteiger partial charge in [0.15, 0.2) is 0 Å². The first-order chi connectivity index (χ1) is 9.69. The fourth-order valence-corrected chi connectivity index (χ4v) is 1.80. The summed E-state index contributed by atoms with van der Waals surface area (Å²) in [5.74, 6) is 0.596. The number of carbonyl (C=O) groups is 1. The number of pyridine rings is 1. The van der Waals surface area contributed by atoms with Crippen molar-refractivity contribution in [2.24, 2.45) is 0 Å². The van der Waals surface area contributed by atoms with E-state index in [-0.39, 0.29) is 11.5 Å². The van der Waals surface area contributed by atoms with Crippen LogP contribution in [0, 0.1) is 0 Å². The number of carbonyl (C=O) groups excluding carboxylic acids is 1. The minimum atomic E-state index is -0.224. The van der Waals surface area contributed by atoms with Crippen molar-refractivity contribution < 1.29 is 9.53 Å². The number of H-pyrrole nitrogens is 1. The molecule has 1 aromatic carbocycles. The van der Waals surface area contributed by atoms with Gasteiger partial charge in [0.25, 0.3) is 5.91 Å². The molecule has 0 saturated carbocycles. The highest BCUT2D eigenvalue weighted by Gasteiger charge is 2.04. The standard InChI is InChI=1S/C15H16N2O3/c1-20-13-4-2-3-11(9-13)7-8-16-15(19)12-5-6-14(18)17-10-12/h2-6,9-10H,7-8H2,1H3,(H,16,19)(H,17,18). The zero-order chi connectivity index (χ0) is 14.4. The van der Waals surface area contributed by atoms with Crippen molar-refractivity contribution in [3.8, 4) is 5.75 Å². The zero-order valence-corrected chi connectivity index (χ0v) is 11.2. The number of aromatic nitrogens is 1. The number of hydrogen-bond donors (Lipinski definition) is 2. The molecule has 0 bridgehead atoms. The summed E-state index contributed by atoms with van der Waals surface area (Å²) in [4.78, 5) is 25.2. The molecule has 0 spiro atoms. The Hall–Kier alpha value is -2.56. The molecule has 0 radical (unpaired) electrons. The molecule has 1 heterocycles. The van der Waals surface area contributed by atoms with Crippen LogP contribution >= 0.6 is 0 Å². The normalized spacial score (nSPS) is 10.1. The van der Waals surface area contributed by atoms with Gasteiger partial charge in [-0.05, 0) is 30.2 Å². The van der Waals surface area contributed by atoms with Crippen LogP contribution in [0.1, 0.15) is 15.9 Å². The second kappa shape index (κ2) is 6.56. The molecule has 0 fully saturated rings. The Morgan fingerprint density at radius 2 is 2.15 bits per heavy atom. The molecule has 0 aliphatic heterocycles. The molecule has 1 aromatic heterocycles. The number of aromatic amines is 1. The monoisotopic (exact) mass is 272 g/mol. The molecule has 0 aliphatic rings. The average molecular weight is 272 g/mol. The maximum atomic E-state index is 11.8. The van der Waals surface area contributed by atoms with Gasteiger partial charge in [0.1, 0.15) is 5.75 Å². The molecule has 104 valence electrons. The van der Waals surface area contributed by atoms with Crippen LogP contribution in [-0.2, 0) is 6.42 Å². The van der Waals surface area contributed by atoms with Crippen molar-refractivity contribution >= 4 is 5.91 Å². The van der Waals surface area contributed by atoms with Gasteiger partial charge in [-0.2, -0.15) is 0 Å². The minimum absolute atomic E-state index is 0.204. The predicted molar refractivity (Wildman–Crippen MR) is 76.1 cm³/mol. The Labute approximate surface area is 116 Å². The summed E-state index contributed by atoms with van der Waals surface area (Å²) < 4.78 is 5.14. The topological polar surface area (TPSA) is 71.2 Å². The van der Waals surface area contributed by atoms with Crippen molar-refractivity contribution in [3.05, 3.63) is 64.1 Å². The molecule has 1 amide bonds. The molecule has 0 aliphatic carbocycles. The second-order valence-corrected chi connectivity index (χ2v) is 4.30. The number of amides is 1. The fraction of sp³-hybridized carbons (Fsp3) is 0.200. The number of hydrogen-bond acceptors (Lipinski definition) is 3. The van der Waals surface area contributed by atoms with E-state index in [9.17, 15) is 9.59 Å². The first kappa shape index (κ1) is 13.9. The molecule has 2 N–H and O–H groups in total. The van der Waals surface area contributed by atoms with Gasteiger partial charge in [0.2, 0.25) is 5.56 Å². The van der Waals surface area contributed by atoms with E-state index in [0.717, 1.165) is 11.3 Å². The maximum absolute atomic E-state index is 11.8. The largest absolute Gasteiger partial charge is 0.497 e. The van der Waals surface area contributed by atoms with Crippen molar-refractivity contribution in [3.63, 3.8) is 0 Å². The summed E-state index contributed by atoms with van der Waals surface area (Å²) >= 11 is 0. The van der Waals surface area contributed by atoms with E-state index in [4.69, 9.17) is 4.74 Å². The lowest BCUT2D eigenvalue weighted by atomic mass is 10.1. The number of nitrogens with one attached hydrogen (secondary N) is 2. The van der Waals surface area contributed by atoms with Crippen LogP contribution in [0.2, 0.25) is 0 Å². The van der Waals surface area contributed by atoms with E-state index in [2.05, 4.69) is 10.3 Å². The maximum Gasteiger partial charge on any atom is 0.252 e. The smallest absolute Gasteiger partial charge is 0.252 e. The molecule has 5 nitrogen and oxygen atoms in total. The van der Waals surface area contributed by atoms with Gasteiger partial charge in [0.05, 0.1) is 12.7 Å². The highest BCUT2D eigenvalue weighted by Crippen LogP contribution is 2.12. The highest BCUT2D eigenvalue weighted by molar-refractivity contribution is 5.93. The molecule has 0 saturated heterocycles. The number of methoxy groups -OCH3 is 1. The molecule has 2 rings (SSSR count). The third kappa shape index (κ3) is 3.71. The van der Waals surface area contributed by atoms with Gasteiger partial charge >= 0.3 is 0 Å². The third-order valence-corrected chi connectivity index (χ3v) is 2.88. The van der Waals surface area contributed by atoms with Gasteiger partial charge < -0.3 is 15.0 Å². The Morgan fingerprint density at radius 3 is 2.85 bits per heavy atom. The molecule has 0 unspecified atom stereocenters. The summed E-state index contributed by atoms with van der Waals surface area (Å²) in [6.07, 6.45) is 2.12. The van der Waals surface area contributed by atoms with E-state index in [0.29, 0.717) is 18.5 Å². The average Bonchev–Trinajstić information content (AvgIpc) is 2.48. The molecule has 20 heavy (non-hydrogen) atoms. The lowest BCUT2D eigenvalue weighted by Gasteiger charge is -2.06. The van der Waals surface area contributed by atoms with E-state index in [1.165, 1.54) is 18.3 Å². The SMILES string of the molecule is COc1cccc(CCNC(=O)c2ccc(=O)[nH]c2)c1. The first-order valence-electron chi connectivity index (χ1n) is 6.29. The number of benzene rings is 1. The van der Waals surface area contributed by atoms with Crippen molar-refractivity contribution in [2.45, 2.75) is 6.42 Å². The first-order valence-corrected chi connectivity index (χ1v) is 6.29. The van der Waals surface area contributed by atoms with Gasteiger partial charge in [-0.25, -0.2) is 0 Å². The molecular formula is C15H16N2O3. The van der Waals surface area contributed by atoms with Crippen molar-refractivity contribution in [1.29, 1.82) is 0 Å². The van der Waals surface area contributed by atoms with Crippen LogP contribution in [0.5, 0.6) is 5.75 Å². The third-order valence-electron chi connectivity index (χ3n) is 2.88. The zero-order valence-electron chi connectivity index (χ0n) is 11.2. The fourth-order valence-electron chi connectivity index (χ4n) is 1.80. The summed E-state index contributed by atoms with van der Waals surface area (Å²) in [5, 5.41) is 2.80. The molecule has 5 heteroatoms. The Bertz CT molecular complexity index is 629. The molecule has 0 atom stereocenters. The Balaban J connectivity index is 1.87. The van der Waals surface area contributed by atoms with Crippen LogP contribution in [0.15, 0.2) is 47.4 Å². The van der Waals surface area contributed by atoms with Gasteiger partial charge in [-0.3, -0.25) is 9.59 Å². The number of rotatable bonds is 5. The summed E-state index contributed by atoms with van der Waals surface area (Å²) in [7, 11) is 1.62. The van der Waals surface area contributed by atoms with Gasteiger partial charge in [0, 0.05) is 18.8 Å². The van der Waals surface area contributed by atoms with Crippen molar-refractivity contribution in [2.75, 3.05) is 13.7 Å². The van der Waals surface area contributed by atoms with E-state index in [1.807, 2.05) is 24.3 Å². The van der Waals surface area contributed by atoms with Crippen LogP contribution in [0.25, 0.3) is 0 Å². The van der Waals surface area contributed by atoms with E-state index < -0.39 is 0 Å². The van der Waals surface area contributed by atoms with Crippen LogP contribution in [0.3, 0.4) is 0 Å². The lowest BCUT2D eigenvalue weighted by Crippen LogP contribution is -2.26. The van der Waals surface area contributed by atoms with Crippen LogP contribution in [-0.4, -0.2) is 24.5 Å². The minimum Gasteiger partial charge on any atom is -0.497 e. The Kier molecular flexibility index (Phi) is 4.55. The van der Waals surface area contributed by atoms with Crippen LogP contribution in [0.4, 0.5) is 0 Å². The number of ether oxygens (including phenoxy) is 1. The lowest BCUT2D eigenvalue weighted by molar-refractivity contribution is 0.0954. The molecule has 2 aromatic rings. The van der Waals surface area contributed by atoms with Crippen LogP contribution < -0.4 is 15.6 Å².